The van der Waals surface area contributed by atoms with Gasteiger partial charge in [0.2, 0.25) is 0 Å². The summed E-state index contributed by atoms with van der Waals surface area (Å²) in [6.07, 6.45) is 5.52. The van der Waals surface area contributed by atoms with Gasteiger partial charge in [-0.1, -0.05) is 0 Å². The highest BCUT2D eigenvalue weighted by molar-refractivity contribution is 5.73. The third-order valence-electron chi connectivity index (χ3n) is 4.17. The molecule has 2 aromatic heterocycles. The lowest BCUT2D eigenvalue weighted by molar-refractivity contribution is 0.122. The molecule has 0 spiro atoms. The SMILES string of the molecule is CN(C)C(=O)N1CCC[C@H](COc2ccc(-c3ccn[nH]3)nc2)C1. The second-order valence-electron chi connectivity index (χ2n) is 6.29. The topological polar surface area (TPSA) is 74.3 Å². The van der Waals surface area contributed by atoms with Crippen LogP contribution in [-0.4, -0.2) is 64.8 Å². The molecule has 1 atom stereocenters. The molecule has 1 saturated heterocycles. The molecule has 3 rings (SSSR count). The lowest BCUT2D eigenvalue weighted by Crippen LogP contribution is -2.46. The van der Waals surface area contributed by atoms with Crippen LogP contribution in [0.5, 0.6) is 5.75 Å². The van der Waals surface area contributed by atoms with Gasteiger partial charge in [-0.15, -0.1) is 0 Å². The number of ether oxygens (including phenoxy) is 1. The molecule has 0 aliphatic carbocycles. The standard InChI is InChI=1S/C17H23N5O2/c1-21(2)17(23)22-9-3-4-13(11-22)12-24-14-5-6-15(18-10-14)16-7-8-19-20-16/h5-8,10,13H,3-4,9,11-12H2,1-2H3,(H,19,20)/t13-/m0/s1. The van der Waals surface area contributed by atoms with Crippen LogP contribution in [0.1, 0.15) is 12.8 Å². The van der Waals surface area contributed by atoms with Crippen molar-refractivity contribution < 1.29 is 9.53 Å². The summed E-state index contributed by atoms with van der Waals surface area (Å²) in [4.78, 5) is 20.0. The first-order valence-electron chi connectivity index (χ1n) is 8.18. The number of hydrogen-bond donors (Lipinski definition) is 1. The van der Waals surface area contributed by atoms with Crippen LogP contribution in [0.2, 0.25) is 0 Å². The third-order valence-corrected chi connectivity index (χ3v) is 4.17. The Morgan fingerprint density at radius 3 is 2.96 bits per heavy atom. The number of hydrogen-bond acceptors (Lipinski definition) is 4. The quantitative estimate of drug-likeness (QED) is 0.933. The Balaban J connectivity index is 1.53. The predicted molar refractivity (Wildman–Crippen MR) is 90.7 cm³/mol. The monoisotopic (exact) mass is 329 g/mol. The van der Waals surface area contributed by atoms with Gasteiger partial charge in [-0.25, -0.2) is 4.79 Å². The summed E-state index contributed by atoms with van der Waals surface area (Å²) in [6.45, 7) is 2.17. The summed E-state index contributed by atoms with van der Waals surface area (Å²) in [7, 11) is 3.57. The van der Waals surface area contributed by atoms with Crippen LogP contribution < -0.4 is 4.74 Å². The fraction of sp³-hybridized carbons (Fsp3) is 0.471. The molecule has 1 aliphatic rings. The number of rotatable bonds is 4. The van der Waals surface area contributed by atoms with Crippen molar-refractivity contribution in [3.05, 3.63) is 30.6 Å². The van der Waals surface area contributed by atoms with Gasteiger partial charge in [-0.05, 0) is 31.0 Å². The van der Waals surface area contributed by atoms with E-state index in [9.17, 15) is 4.79 Å². The van der Waals surface area contributed by atoms with Crippen molar-refractivity contribution in [2.45, 2.75) is 12.8 Å². The summed E-state index contributed by atoms with van der Waals surface area (Å²) in [5.74, 6) is 1.10. The first-order chi connectivity index (χ1) is 11.6. The molecule has 2 aromatic rings. The molecule has 0 aromatic carbocycles. The smallest absolute Gasteiger partial charge is 0.319 e. The van der Waals surface area contributed by atoms with Crippen LogP contribution in [0.15, 0.2) is 30.6 Å². The molecule has 0 unspecified atom stereocenters. The minimum absolute atomic E-state index is 0.0743. The number of carbonyl (C=O) groups excluding carboxylic acids is 1. The molecular formula is C17H23N5O2. The van der Waals surface area contributed by atoms with Crippen molar-refractivity contribution >= 4 is 6.03 Å². The molecule has 3 heterocycles. The van der Waals surface area contributed by atoms with E-state index in [0.717, 1.165) is 43.1 Å². The van der Waals surface area contributed by atoms with Gasteiger partial charge >= 0.3 is 6.03 Å². The Bertz CT molecular complexity index is 654. The number of pyridine rings is 1. The number of H-pyrrole nitrogens is 1. The van der Waals surface area contributed by atoms with Crippen molar-refractivity contribution in [2.75, 3.05) is 33.8 Å². The zero-order chi connectivity index (χ0) is 16.9. The van der Waals surface area contributed by atoms with Crippen LogP contribution >= 0.6 is 0 Å². The molecule has 0 bridgehead atoms. The van der Waals surface area contributed by atoms with Crippen LogP contribution in [-0.2, 0) is 0 Å². The summed E-state index contributed by atoms with van der Waals surface area (Å²) >= 11 is 0. The lowest BCUT2D eigenvalue weighted by Gasteiger charge is -2.34. The summed E-state index contributed by atoms with van der Waals surface area (Å²) < 4.78 is 5.87. The van der Waals surface area contributed by atoms with Gasteiger partial charge in [0.15, 0.2) is 0 Å². The molecule has 128 valence electrons. The van der Waals surface area contributed by atoms with E-state index in [1.807, 2.05) is 23.1 Å². The van der Waals surface area contributed by atoms with Gasteiger partial charge in [0.25, 0.3) is 0 Å². The molecular weight excluding hydrogens is 306 g/mol. The Morgan fingerprint density at radius 2 is 2.29 bits per heavy atom. The maximum Gasteiger partial charge on any atom is 0.319 e. The average molecular weight is 329 g/mol. The highest BCUT2D eigenvalue weighted by atomic mass is 16.5. The highest BCUT2D eigenvalue weighted by Crippen LogP contribution is 2.21. The highest BCUT2D eigenvalue weighted by Gasteiger charge is 2.25. The molecule has 1 fully saturated rings. The molecule has 0 radical (unpaired) electrons. The van der Waals surface area contributed by atoms with Crippen LogP contribution in [0.25, 0.3) is 11.4 Å². The first kappa shape index (κ1) is 16.3. The number of aromatic nitrogens is 3. The van der Waals surface area contributed by atoms with Crippen LogP contribution in [0, 0.1) is 5.92 Å². The molecule has 24 heavy (non-hydrogen) atoms. The van der Waals surface area contributed by atoms with Gasteiger partial charge in [0.1, 0.15) is 5.75 Å². The number of piperidine rings is 1. The van der Waals surface area contributed by atoms with Gasteiger partial charge in [-0.3, -0.25) is 10.1 Å². The van der Waals surface area contributed by atoms with Gasteiger partial charge in [-0.2, -0.15) is 5.10 Å². The predicted octanol–water partition coefficient (Wildman–Crippen LogP) is 2.24. The fourth-order valence-corrected chi connectivity index (χ4v) is 2.90. The molecule has 7 nitrogen and oxygen atoms in total. The van der Waals surface area contributed by atoms with Gasteiger partial charge < -0.3 is 14.5 Å². The van der Waals surface area contributed by atoms with Crippen molar-refractivity contribution in [3.8, 4) is 17.1 Å². The van der Waals surface area contributed by atoms with Crippen molar-refractivity contribution in [1.29, 1.82) is 0 Å². The van der Waals surface area contributed by atoms with E-state index in [4.69, 9.17) is 4.74 Å². The number of amides is 2. The van der Waals surface area contributed by atoms with E-state index in [1.54, 1.807) is 31.4 Å². The zero-order valence-electron chi connectivity index (χ0n) is 14.1. The number of urea groups is 1. The molecule has 2 amide bonds. The fourth-order valence-electron chi connectivity index (χ4n) is 2.90. The Kier molecular flexibility index (Phi) is 4.98. The van der Waals surface area contributed by atoms with E-state index in [-0.39, 0.29) is 6.03 Å². The second kappa shape index (κ2) is 7.33. The van der Waals surface area contributed by atoms with E-state index in [0.29, 0.717) is 12.5 Å². The molecule has 0 saturated carbocycles. The second-order valence-corrected chi connectivity index (χ2v) is 6.29. The number of likely N-dealkylation sites (tertiary alicyclic amines) is 1. The number of aromatic amines is 1. The normalized spacial score (nSPS) is 17.6. The zero-order valence-corrected chi connectivity index (χ0v) is 14.1. The molecule has 1 aliphatic heterocycles. The Labute approximate surface area is 141 Å². The summed E-state index contributed by atoms with van der Waals surface area (Å²) in [5.41, 5.74) is 1.71. The van der Waals surface area contributed by atoms with Crippen LogP contribution in [0.3, 0.4) is 0 Å². The van der Waals surface area contributed by atoms with Gasteiger partial charge in [0.05, 0.1) is 24.2 Å². The maximum atomic E-state index is 12.1. The third kappa shape index (κ3) is 3.84. The maximum absolute atomic E-state index is 12.1. The molecule has 7 heteroatoms. The Morgan fingerprint density at radius 1 is 1.42 bits per heavy atom. The van der Waals surface area contributed by atoms with Crippen molar-refractivity contribution in [1.82, 2.24) is 25.0 Å². The summed E-state index contributed by atoms with van der Waals surface area (Å²) in [5, 5.41) is 6.81. The molecule has 1 N–H and O–H groups in total. The number of nitrogens with zero attached hydrogens (tertiary/aromatic N) is 4. The van der Waals surface area contributed by atoms with Gasteiger partial charge in [0, 0.05) is 39.3 Å². The number of carbonyl (C=O) groups is 1. The van der Waals surface area contributed by atoms with E-state index >= 15 is 0 Å². The van der Waals surface area contributed by atoms with Crippen molar-refractivity contribution in [2.24, 2.45) is 5.92 Å². The van der Waals surface area contributed by atoms with Crippen molar-refractivity contribution in [3.63, 3.8) is 0 Å². The lowest BCUT2D eigenvalue weighted by atomic mass is 9.99. The minimum atomic E-state index is 0.0743. The van der Waals surface area contributed by atoms with E-state index < -0.39 is 0 Å². The summed E-state index contributed by atoms with van der Waals surface area (Å²) in [6, 6.07) is 5.77. The average Bonchev–Trinajstić information content (AvgIpc) is 3.14. The minimum Gasteiger partial charge on any atom is -0.492 e. The van der Waals surface area contributed by atoms with E-state index in [1.165, 1.54) is 0 Å². The largest absolute Gasteiger partial charge is 0.492 e. The first-order valence-corrected chi connectivity index (χ1v) is 8.18. The van der Waals surface area contributed by atoms with Crippen LogP contribution in [0.4, 0.5) is 4.79 Å². The Hall–Kier alpha value is -2.57. The van der Waals surface area contributed by atoms with E-state index in [2.05, 4.69) is 15.2 Å². The number of nitrogens with one attached hydrogen (secondary N) is 1.